The zero-order chi connectivity index (χ0) is 18.8. The summed E-state index contributed by atoms with van der Waals surface area (Å²) < 4.78 is 1.73. The van der Waals surface area contributed by atoms with E-state index >= 15 is 0 Å². The highest BCUT2D eigenvalue weighted by Gasteiger charge is 2.16. The van der Waals surface area contributed by atoms with Gasteiger partial charge in [0.1, 0.15) is 22.8 Å². The van der Waals surface area contributed by atoms with Gasteiger partial charge < -0.3 is 5.11 Å². The maximum atomic E-state index is 11.1. The van der Waals surface area contributed by atoms with Crippen molar-refractivity contribution >= 4 is 22.8 Å². The Hall–Kier alpha value is -4.07. The summed E-state index contributed by atoms with van der Waals surface area (Å²) in [6.07, 6.45) is 1.78. The molecule has 0 spiro atoms. The van der Waals surface area contributed by atoms with E-state index in [9.17, 15) is 15.2 Å². The Balaban J connectivity index is 1.89. The largest absolute Gasteiger partial charge is 0.506 e. The lowest BCUT2D eigenvalue weighted by Crippen LogP contribution is -1.88. The molecule has 1 N–H and O–H groups in total. The minimum absolute atomic E-state index is 0.00645. The van der Waals surface area contributed by atoms with Crippen molar-refractivity contribution in [1.82, 2.24) is 9.38 Å². The Morgan fingerprint density at radius 3 is 2.63 bits per heavy atom. The van der Waals surface area contributed by atoms with Gasteiger partial charge in [0.2, 0.25) is 0 Å². The molecule has 0 bridgehead atoms. The van der Waals surface area contributed by atoms with Crippen LogP contribution >= 0.6 is 0 Å². The number of hydrogen-bond donors (Lipinski definition) is 1. The van der Waals surface area contributed by atoms with Gasteiger partial charge in [0.15, 0.2) is 5.82 Å². The Labute approximate surface area is 153 Å². The van der Waals surface area contributed by atoms with E-state index in [1.807, 2.05) is 12.1 Å². The summed E-state index contributed by atoms with van der Waals surface area (Å²) in [6, 6.07) is 18.2. The van der Waals surface area contributed by atoms with Crippen LogP contribution in [0.1, 0.15) is 0 Å². The van der Waals surface area contributed by atoms with E-state index in [1.165, 1.54) is 18.2 Å². The first-order valence-electron chi connectivity index (χ1n) is 8.05. The van der Waals surface area contributed by atoms with Crippen LogP contribution in [0.3, 0.4) is 0 Å². The number of phenols is 1. The summed E-state index contributed by atoms with van der Waals surface area (Å²) in [4.78, 5) is 15.2. The summed E-state index contributed by atoms with van der Waals surface area (Å²) in [5.74, 6) is 0.418. The molecule has 0 fully saturated rings. The fourth-order valence-electron chi connectivity index (χ4n) is 2.69. The van der Waals surface area contributed by atoms with Gasteiger partial charge in [0.05, 0.1) is 4.92 Å². The van der Waals surface area contributed by atoms with Gasteiger partial charge in [-0.15, -0.1) is 10.2 Å². The third-order valence-corrected chi connectivity index (χ3v) is 3.97. The molecule has 0 saturated carbocycles. The molecule has 0 atom stereocenters. The van der Waals surface area contributed by atoms with E-state index in [0.717, 1.165) is 0 Å². The molecule has 0 aliphatic rings. The third kappa shape index (κ3) is 3.11. The molecule has 0 aliphatic carbocycles. The fourth-order valence-corrected chi connectivity index (χ4v) is 2.69. The summed E-state index contributed by atoms with van der Waals surface area (Å²) >= 11 is 0. The number of fused-ring (bicyclic) bond motifs is 1. The van der Waals surface area contributed by atoms with E-state index in [0.29, 0.717) is 28.4 Å². The van der Waals surface area contributed by atoms with E-state index < -0.39 is 4.92 Å². The van der Waals surface area contributed by atoms with E-state index in [4.69, 9.17) is 0 Å². The molecule has 4 rings (SSSR count). The zero-order valence-corrected chi connectivity index (χ0v) is 13.9. The molecular formula is C19H13N5O3. The number of rotatable bonds is 4. The topological polar surface area (TPSA) is 105 Å². The summed E-state index contributed by atoms with van der Waals surface area (Å²) in [6.45, 7) is 0. The standard InChI is InChI=1S/C19H13N5O3/c25-16-9-2-1-8-15(16)21-22-19-18(20-17-10-3-4-11-23(17)19)13-6-5-7-14(12-13)24(26)27/h1-12,25H. The highest BCUT2D eigenvalue weighted by molar-refractivity contribution is 5.75. The SMILES string of the molecule is O=[N+]([O-])c1cccc(-c2nc3ccccn3c2N=Nc2ccccc2O)c1. The number of azo groups is 1. The smallest absolute Gasteiger partial charge is 0.270 e. The van der Waals surface area contributed by atoms with Crippen LogP contribution in [-0.2, 0) is 0 Å². The van der Waals surface area contributed by atoms with E-state index in [-0.39, 0.29) is 11.4 Å². The predicted molar refractivity (Wildman–Crippen MR) is 99.6 cm³/mol. The second-order valence-corrected chi connectivity index (χ2v) is 5.71. The van der Waals surface area contributed by atoms with Gasteiger partial charge in [-0.2, -0.15) is 0 Å². The molecule has 2 heterocycles. The van der Waals surface area contributed by atoms with Crippen molar-refractivity contribution in [2.24, 2.45) is 10.2 Å². The molecule has 0 amide bonds. The van der Waals surface area contributed by atoms with Gasteiger partial charge in [0.25, 0.3) is 5.69 Å². The molecule has 0 radical (unpaired) electrons. The van der Waals surface area contributed by atoms with Crippen molar-refractivity contribution in [3.63, 3.8) is 0 Å². The quantitative estimate of drug-likeness (QED) is 0.313. The number of para-hydroxylation sites is 1. The minimum Gasteiger partial charge on any atom is -0.506 e. The number of pyridine rings is 1. The average Bonchev–Trinajstić information content (AvgIpc) is 3.06. The lowest BCUT2D eigenvalue weighted by molar-refractivity contribution is -0.384. The monoisotopic (exact) mass is 359 g/mol. The number of non-ortho nitro benzene ring substituents is 1. The summed E-state index contributed by atoms with van der Waals surface area (Å²) in [7, 11) is 0. The molecule has 2 aromatic heterocycles. The van der Waals surface area contributed by atoms with Gasteiger partial charge in [-0.3, -0.25) is 14.5 Å². The molecule has 0 unspecified atom stereocenters. The fraction of sp³-hybridized carbons (Fsp3) is 0. The van der Waals surface area contributed by atoms with E-state index in [1.54, 1.807) is 47.0 Å². The van der Waals surface area contributed by atoms with Crippen molar-refractivity contribution in [2.75, 3.05) is 0 Å². The minimum atomic E-state index is -0.456. The first kappa shape index (κ1) is 16.4. The van der Waals surface area contributed by atoms with Crippen LogP contribution in [0.25, 0.3) is 16.9 Å². The normalized spacial score (nSPS) is 11.3. The molecule has 0 aliphatic heterocycles. The number of nitro benzene ring substituents is 1. The van der Waals surface area contributed by atoms with Gasteiger partial charge in [0, 0.05) is 23.9 Å². The number of imidazole rings is 1. The zero-order valence-electron chi connectivity index (χ0n) is 13.9. The van der Waals surface area contributed by atoms with Crippen LogP contribution in [0.15, 0.2) is 83.2 Å². The first-order chi connectivity index (χ1) is 13.1. The molecule has 8 heteroatoms. The van der Waals surface area contributed by atoms with Crippen molar-refractivity contribution in [2.45, 2.75) is 0 Å². The van der Waals surface area contributed by atoms with Crippen molar-refractivity contribution < 1.29 is 10.0 Å². The highest BCUT2D eigenvalue weighted by Crippen LogP contribution is 2.34. The molecule has 4 aromatic rings. The Bertz CT molecular complexity index is 1180. The molecule has 132 valence electrons. The summed E-state index contributed by atoms with van der Waals surface area (Å²) in [5, 5.41) is 29.4. The van der Waals surface area contributed by atoms with Gasteiger partial charge in [-0.1, -0.05) is 30.3 Å². The van der Waals surface area contributed by atoms with E-state index in [2.05, 4.69) is 15.2 Å². The number of aromatic nitrogens is 2. The molecule has 8 nitrogen and oxygen atoms in total. The number of hydrogen-bond acceptors (Lipinski definition) is 6. The lowest BCUT2D eigenvalue weighted by Gasteiger charge is -2.00. The Kier molecular flexibility index (Phi) is 4.06. The summed E-state index contributed by atoms with van der Waals surface area (Å²) in [5.41, 5.74) is 1.93. The third-order valence-electron chi connectivity index (χ3n) is 3.97. The predicted octanol–water partition coefficient (Wildman–Crippen LogP) is 5.03. The molecule has 0 saturated heterocycles. The van der Waals surface area contributed by atoms with Crippen molar-refractivity contribution in [1.29, 1.82) is 0 Å². The highest BCUT2D eigenvalue weighted by atomic mass is 16.6. The Morgan fingerprint density at radius 1 is 1.00 bits per heavy atom. The van der Waals surface area contributed by atoms with Crippen molar-refractivity contribution in [3.05, 3.63) is 83.0 Å². The van der Waals surface area contributed by atoms with Gasteiger partial charge >= 0.3 is 0 Å². The van der Waals surface area contributed by atoms with Crippen LogP contribution in [0.4, 0.5) is 17.2 Å². The molecular weight excluding hydrogens is 346 g/mol. The number of phenolic OH excluding ortho intramolecular Hbond substituents is 1. The molecule has 27 heavy (non-hydrogen) atoms. The van der Waals surface area contributed by atoms with Crippen LogP contribution in [0.2, 0.25) is 0 Å². The van der Waals surface area contributed by atoms with Crippen LogP contribution in [-0.4, -0.2) is 19.4 Å². The number of nitrogens with zero attached hydrogens (tertiary/aromatic N) is 5. The lowest BCUT2D eigenvalue weighted by atomic mass is 10.1. The number of aromatic hydroxyl groups is 1. The Morgan fingerprint density at radius 2 is 1.81 bits per heavy atom. The number of benzene rings is 2. The van der Waals surface area contributed by atoms with Gasteiger partial charge in [-0.25, -0.2) is 4.98 Å². The maximum absolute atomic E-state index is 11.1. The number of nitro groups is 1. The van der Waals surface area contributed by atoms with Crippen LogP contribution in [0, 0.1) is 10.1 Å². The van der Waals surface area contributed by atoms with Gasteiger partial charge in [-0.05, 0) is 24.3 Å². The van der Waals surface area contributed by atoms with Crippen molar-refractivity contribution in [3.8, 4) is 17.0 Å². The first-order valence-corrected chi connectivity index (χ1v) is 8.05. The maximum Gasteiger partial charge on any atom is 0.270 e. The van der Waals surface area contributed by atoms with Crippen LogP contribution in [0.5, 0.6) is 5.75 Å². The van der Waals surface area contributed by atoms with Crippen LogP contribution < -0.4 is 0 Å². The second-order valence-electron chi connectivity index (χ2n) is 5.71. The average molecular weight is 359 g/mol. The molecule has 2 aromatic carbocycles. The second kappa shape index (κ2) is 6.68.